The molecule has 0 saturated heterocycles. The molecule has 0 saturated carbocycles. The average Bonchev–Trinajstić information content (AvgIpc) is 3.25. The molecule has 0 bridgehead atoms. The van der Waals surface area contributed by atoms with Crippen LogP contribution in [0.1, 0.15) is 13.0 Å². The number of carbonyl (C=O) groups excluding carboxylic acids is 1. The smallest absolute Gasteiger partial charge is 0.344 e. The Balaban J connectivity index is 1.82. The maximum absolute atomic E-state index is 13.4. The van der Waals surface area contributed by atoms with Gasteiger partial charge in [0.05, 0.1) is 12.6 Å². The maximum atomic E-state index is 13.4. The zero-order valence-corrected chi connectivity index (χ0v) is 11.9. The average molecular weight is 303 g/mol. The van der Waals surface area contributed by atoms with Gasteiger partial charge in [-0.2, -0.15) is 4.98 Å². The first-order valence-electron chi connectivity index (χ1n) is 6.86. The van der Waals surface area contributed by atoms with Gasteiger partial charge in [-0.15, -0.1) is 5.10 Å². The number of benzene rings is 1. The molecule has 1 aromatic heterocycles. The molecule has 1 aliphatic carbocycles. The van der Waals surface area contributed by atoms with Crippen LogP contribution in [0.15, 0.2) is 36.4 Å². The standard InChI is InChI=1S/C15H14FN3O3/c1-2-21-13(20)9-22-15-17-14(19(18-15)12-6-7-12)10-4-3-5-11(16)8-10/h3-8,12H,2,9H2,1H3. The van der Waals surface area contributed by atoms with E-state index < -0.39 is 5.97 Å². The molecule has 0 amide bonds. The summed E-state index contributed by atoms with van der Waals surface area (Å²) in [5, 5.41) is 4.20. The Hall–Kier alpha value is -2.70. The molecule has 1 heterocycles. The van der Waals surface area contributed by atoms with Gasteiger partial charge >= 0.3 is 12.0 Å². The number of ether oxygens (including phenoxy) is 2. The zero-order valence-electron chi connectivity index (χ0n) is 11.9. The van der Waals surface area contributed by atoms with E-state index in [1.807, 2.05) is 12.2 Å². The summed E-state index contributed by atoms with van der Waals surface area (Å²) in [5.41, 5.74) is 0.590. The third kappa shape index (κ3) is 3.13. The first kappa shape index (κ1) is 14.2. The van der Waals surface area contributed by atoms with Crippen molar-refractivity contribution in [2.45, 2.75) is 13.0 Å². The summed E-state index contributed by atoms with van der Waals surface area (Å²) in [6, 6.07) is 6.13. The van der Waals surface area contributed by atoms with Crippen LogP contribution in [0.2, 0.25) is 0 Å². The van der Waals surface area contributed by atoms with Gasteiger partial charge in [-0.05, 0) is 19.1 Å². The Bertz CT molecular complexity index is 721. The first-order chi connectivity index (χ1) is 10.7. The van der Waals surface area contributed by atoms with Crippen LogP contribution < -0.4 is 4.74 Å². The van der Waals surface area contributed by atoms with E-state index in [4.69, 9.17) is 9.47 Å². The molecule has 2 aromatic rings. The molecule has 0 radical (unpaired) electrons. The number of aromatic nitrogens is 3. The third-order valence-corrected chi connectivity index (χ3v) is 2.97. The van der Waals surface area contributed by atoms with Gasteiger partial charge in [-0.25, -0.2) is 13.9 Å². The highest BCUT2D eigenvalue weighted by Crippen LogP contribution is 2.30. The molecule has 6 nitrogen and oxygen atoms in total. The Morgan fingerprint density at radius 1 is 1.41 bits per heavy atom. The number of rotatable bonds is 6. The van der Waals surface area contributed by atoms with Gasteiger partial charge in [0.15, 0.2) is 12.4 Å². The van der Waals surface area contributed by atoms with Gasteiger partial charge < -0.3 is 9.47 Å². The highest BCUT2D eigenvalue weighted by atomic mass is 19.1. The van der Waals surface area contributed by atoms with Gasteiger partial charge in [-0.3, -0.25) is 0 Å². The van der Waals surface area contributed by atoms with Crippen molar-refractivity contribution in [3.63, 3.8) is 0 Å². The molecule has 0 fully saturated rings. The van der Waals surface area contributed by atoms with Crippen molar-refractivity contribution in [2.24, 2.45) is 0 Å². The Morgan fingerprint density at radius 3 is 2.91 bits per heavy atom. The lowest BCUT2D eigenvalue weighted by atomic mass is 10.2. The van der Waals surface area contributed by atoms with Gasteiger partial charge in [0.1, 0.15) is 5.82 Å². The second kappa shape index (κ2) is 5.97. The van der Waals surface area contributed by atoms with E-state index in [1.165, 1.54) is 12.1 Å². The van der Waals surface area contributed by atoms with E-state index in [-0.39, 0.29) is 31.1 Å². The van der Waals surface area contributed by atoms with E-state index in [0.29, 0.717) is 11.4 Å². The van der Waals surface area contributed by atoms with Crippen LogP contribution in [-0.4, -0.2) is 33.9 Å². The summed E-state index contributed by atoms with van der Waals surface area (Å²) in [5.74, 6) is -0.367. The molecule has 3 rings (SSSR count). The first-order valence-corrected chi connectivity index (χ1v) is 6.86. The van der Waals surface area contributed by atoms with Gasteiger partial charge in [0.25, 0.3) is 0 Å². The number of hydrogen-bond acceptors (Lipinski definition) is 5. The van der Waals surface area contributed by atoms with Crippen LogP contribution in [-0.2, 0) is 9.53 Å². The predicted molar refractivity (Wildman–Crippen MR) is 75.7 cm³/mol. The van der Waals surface area contributed by atoms with E-state index in [0.717, 1.165) is 0 Å². The summed E-state index contributed by atoms with van der Waals surface area (Å²) < 4.78 is 25.0. The van der Waals surface area contributed by atoms with Crippen LogP contribution in [0.3, 0.4) is 0 Å². The summed E-state index contributed by atoms with van der Waals surface area (Å²) in [6.45, 7) is 1.73. The number of halogens is 1. The van der Waals surface area contributed by atoms with Gasteiger partial charge in [-0.1, -0.05) is 24.3 Å². The second-order valence-electron chi connectivity index (χ2n) is 4.64. The monoisotopic (exact) mass is 303 g/mol. The molecular formula is C15H14FN3O3. The molecule has 1 aromatic carbocycles. The number of nitrogens with zero attached hydrogens (tertiary/aromatic N) is 3. The quantitative estimate of drug-likeness (QED) is 0.604. The minimum Gasteiger partial charge on any atom is -0.463 e. The highest BCUT2D eigenvalue weighted by molar-refractivity contribution is 5.71. The Morgan fingerprint density at radius 2 is 2.23 bits per heavy atom. The normalized spacial score (nSPS) is 13.2. The molecule has 0 N–H and O–H groups in total. The lowest BCUT2D eigenvalue weighted by Crippen LogP contribution is -2.15. The summed E-state index contributed by atoms with van der Waals surface area (Å²) in [4.78, 5) is 15.5. The molecule has 0 unspecified atom stereocenters. The molecule has 0 atom stereocenters. The van der Waals surface area contributed by atoms with Crippen LogP contribution in [0.5, 0.6) is 6.01 Å². The largest absolute Gasteiger partial charge is 0.463 e. The van der Waals surface area contributed by atoms with Crippen molar-refractivity contribution >= 4 is 5.97 Å². The lowest BCUT2D eigenvalue weighted by molar-refractivity contribution is -0.145. The van der Waals surface area contributed by atoms with Crippen LogP contribution in [0.25, 0.3) is 11.4 Å². The molecule has 1 aliphatic rings. The molecule has 7 heteroatoms. The second-order valence-corrected chi connectivity index (χ2v) is 4.64. The minimum atomic E-state index is -0.490. The highest BCUT2D eigenvalue weighted by Gasteiger charge is 2.23. The number of allylic oxidation sites excluding steroid dienone is 2. The predicted octanol–water partition coefficient (Wildman–Crippen LogP) is 2.14. The molecule has 22 heavy (non-hydrogen) atoms. The topological polar surface area (TPSA) is 66.2 Å². The van der Waals surface area contributed by atoms with Crippen LogP contribution >= 0.6 is 0 Å². The van der Waals surface area contributed by atoms with E-state index in [9.17, 15) is 9.18 Å². The molecular weight excluding hydrogens is 289 g/mol. The number of carbonyl (C=O) groups is 1. The van der Waals surface area contributed by atoms with Crippen molar-refractivity contribution in [1.82, 2.24) is 14.8 Å². The van der Waals surface area contributed by atoms with Crippen LogP contribution in [0.4, 0.5) is 4.39 Å². The van der Waals surface area contributed by atoms with Crippen LogP contribution in [0, 0.1) is 5.82 Å². The van der Waals surface area contributed by atoms with Crippen molar-refractivity contribution < 1.29 is 18.7 Å². The van der Waals surface area contributed by atoms with E-state index >= 15 is 0 Å². The Kier molecular flexibility index (Phi) is 3.86. The third-order valence-electron chi connectivity index (χ3n) is 2.97. The zero-order chi connectivity index (χ0) is 15.5. The molecule has 0 aliphatic heterocycles. The van der Waals surface area contributed by atoms with Crippen molar-refractivity contribution in [3.8, 4) is 17.4 Å². The molecule has 114 valence electrons. The number of hydrogen-bond donors (Lipinski definition) is 0. The fourth-order valence-corrected chi connectivity index (χ4v) is 1.94. The van der Waals surface area contributed by atoms with Crippen molar-refractivity contribution in [2.75, 3.05) is 13.2 Å². The fraction of sp³-hybridized carbons (Fsp3) is 0.267. The van der Waals surface area contributed by atoms with E-state index in [2.05, 4.69) is 10.1 Å². The fourth-order valence-electron chi connectivity index (χ4n) is 1.94. The van der Waals surface area contributed by atoms with Crippen molar-refractivity contribution in [1.29, 1.82) is 0 Å². The Labute approximate surface area is 126 Å². The SMILES string of the molecule is CCOC(=O)COc1nc(-c2cccc(F)c2)n(C2C=C2)n1. The van der Waals surface area contributed by atoms with E-state index in [1.54, 1.807) is 23.7 Å². The molecule has 0 spiro atoms. The summed E-state index contributed by atoms with van der Waals surface area (Å²) >= 11 is 0. The number of esters is 1. The van der Waals surface area contributed by atoms with Crippen molar-refractivity contribution in [3.05, 3.63) is 42.2 Å². The maximum Gasteiger partial charge on any atom is 0.344 e. The lowest BCUT2D eigenvalue weighted by Gasteiger charge is -2.03. The van der Waals surface area contributed by atoms with Gasteiger partial charge in [0.2, 0.25) is 0 Å². The minimum absolute atomic E-state index is 0.00529. The summed E-state index contributed by atoms with van der Waals surface area (Å²) in [7, 11) is 0. The summed E-state index contributed by atoms with van der Waals surface area (Å²) in [6.07, 6.45) is 3.85. The van der Waals surface area contributed by atoms with Gasteiger partial charge in [0, 0.05) is 5.56 Å².